The molecule has 0 aliphatic carbocycles. The summed E-state index contributed by atoms with van der Waals surface area (Å²) in [6.07, 6.45) is 1.39. The SMILES string of the molecule is Cc1cc(NC(=O)C2CCCN(C(=O)c3ccc(Cl)cc3)C2)n(-c2ccc([N+](=O)[O-])cc2)n1. The van der Waals surface area contributed by atoms with Crippen molar-refractivity contribution >= 4 is 34.9 Å². The molecule has 0 spiro atoms. The van der Waals surface area contributed by atoms with Crippen LogP contribution in [-0.4, -0.2) is 44.5 Å². The molecule has 2 aromatic carbocycles. The molecule has 1 aliphatic rings. The average Bonchev–Trinajstić information content (AvgIpc) is 3.19. The lowest BCUT2D eigenvalue weighted by Crippen LogP contribution is -2.43. The van der Waals surface area contributed by atoms with Gasteiger partial charge in [0.2, 0.25) is 5.91 Å². The number of nitrogens with zero attached hydrogens (tertiary/aromatic N) is 4. The van der Waals surface area contributed by atoms with Gasteiger partial charge in [-0.1, -0.05) is 11.6 Å². The Morgan fingerprint density at radius 1 is 1.15 bits per heavy atom. The molecule has 1 unspecified atom stereocenters. The first-order valence-electron chi connectivity index (χ1n) is 10.5. The number of non-ortho nitro benzene ring substituents is 1. The minimum Gasteiger partial charge on any atom is -0.338 e. The van der Waals surface area contributed by atoms with Gasteiger partial charge >= 0.3 is 0 Å². The number of benzene rings is 2. The van der Waals surface area contributed by atoms with Crippen molar-refractivity contribution in [1.82, 2.24) is 14.7 Å². The third-order valence-corrected chi connectivity index (χ3v) is 5.81. The highest BCUT2D eigenvalue weighted by atomic mass is 35.5. The lowest BCUT2D eigenvalue weighted by Gasteiger charge is -2.32. The maximum atomic E-state index is 13.1. The summed E-state index contributed by atoms with van der Waals surface area (Å²) in [7, 11) is 0. The van der Waals surface area contributed by atoms with Gasteiger partial charge in [0, 0.05) is 41.9 Å². The zero-order valence-electron chi connectivity index (χ0n) is 17.9. The largest absolute Gasteiger partial charge is 0.338 e. The Morgan fingerprint density at radius 2 is 1.85 bits per heavy atom. The highest BCUT2D eigenvalue weighted by Crippen LogP contribution is 2.24. The van der Waals surface area contributed by atoms with Gasteiger partial charge in [0.25, 0.3) is 11.6 Å². The normalized spacial score (nSPS) is 15.8. The fourth-order valence-corrected chi connectivity index (χ4v) is 4.01. The van der Waals surface area contributed by atoms with Gasteiger partial charge in [-0.25, -0.2) is 4.68 Å². The molecule has 1 aromatic heterocycles. The number of hydrogen-bond acceptors (Lipinski definition) is 5. The standard InChI is InChI=1S/C23H22ClN5O4/c1-15-13-21(28(26-15)19-8-10-20(11-9-19)29(32)33)25-22(30)17-3-2-12-27(14-17)23(31)16-4-6-18(24)7-5-16/h4-11,13,17H,2-3,12,14H2,1H3,(H,25,30). The summed E-state index contributed by atoms with van der Waals surface area (Å²) < 4.78 is 1.54. The maximum Gasteiger partial charge on any atom is 0.269 e. The zero-order valence-corrected chi connectivity index (χ0v) is 18.7. The number of aromatic nitrogens is 2. The Morgan fingerprint density at radius 3 is 2.52 bits per heavy atom. The molecule has 4 rings (SSSR count). The summed E-state index contributed by atoms with van der Waals surface area (Å²) in [5, 5.41) is 18.8. The highest BCUT2D eigenvalue weighted by molar-refractivity contribution is 6.30. The summed E-state index contributed by atoms with van der Waals surface area (Å²) in [6.45, 7) is 2.70. The van der Waals surface area contributed by atoms with Crippen LogP contribution in [0.15, 0.2) is 54.6 Å². The molecular formula is C23H22ClN5O4. The number of likely N-dealkylation sites (tertiary alicyclic amines) is 1. The molecule has 1 saturated heterocycles. The van der Waals surface area contributed by atoms with Crippen LogP contribution in [0.1, 0.15) is 28.9 Å². The molecule has 170 valence electrons. The van der Waals surface area contributed by atoms with E-state index in [-0.39, 0.29) is 23.4 Å². The molecular weight excluding hydrogens is 446 g/mol. The molecule has 0 radical (unpaired) electrons. The maximum absolute atomic E-state index is 13.1. The van der Waals surface area contributed by atoms with Crippen molar-refractivity contribution in [2.75, 3.05) is 18.4 Å². The van der Waals surface area contributed by atoms with Gasteiger partial charge in [0.15, 0.2) is 0 Å². The predicted octanol–water partition coefficient (Wildman–Crippen LogP) is 4.23. The van der Waals surface area contributed by atoms with Crippen molar-refractivity contribution in [3.05, 3.63) is 81.0 Å². The fourth-order valence-electron chi connectivity index (χ4n) is 3.88. The van der Waals surface area contributed by atoms with E-state index in [1.807, 2.05) is 0 Å². The van der Waals surface area contributed by atoms with Gasteiger partial charge in [-0.3, -0.25) is 19.7 Å². The molecule has 1 N–H and O–H groups in total. The number of nitrogens with one attached hydrogen (secondary N) is 1. The van der Waals surface area contributed by atoms with E-state index in [0.29, 0.717) is 47.3 Å². The van der Waals surface area contributed by atoms with Crippen LogP contribution in [0.25, 0.3) is 5.69 Å². The number of nitro groups is 1. The van der Waals surface area contributed by atoms with Crippen LogP contribution in [0, 0.1) is 23.0 Å². The molecule has 10 heteroatoms. The zero-order chi connectivity index (χ0) is 23.5. The molecule has 0 bridgehead atoms. The number of carbonyl (C=O) groups excluding carboxylic acids is 2. The van der Waals surface area contributed by atoms with E-state index in [0.717, 1.165) is 6.42 Å². The van der Waals surface area contributed by atoms with E-state index in [1.165, 1.54) is 16.8 Å². The lowest BCUT2D eigenvalue weighted by atomic mass is 9.96. The summed E-state index contributed by atoms with van der Waals surface area (Å²) in [5.74, 6) is -0.231. The Hall–Kier alpha value is -3.72. The Kier molecular flexibility index (Phi) is 6.41. The Labute approximate surface area is 195 Å². The number of rotatable bonds is 5. The quantitative estimate of drug-likeness (QED) is 0.446. The first-order chi connectivity index (χ1) is 15.8. The van der Waals surface area contributed by atoms with E-state index in [1.54, 1.807) is 54.3 Å². The van der Waals surface area contributed by atoms with Gasteiger partial charge in [0.05, 0.1) is 22.2 Å². The fraction of sp³-hybridized carbons (Fsp3) is 0.261. The molecule has 33 heavy (non-hydrogen) atoms. The summed E-state index contributed by atoms with van der Waals surface area (Å²) in [4.78, 5) is 38.0. The number of piperidine rings is 1. The molecule has 9 nitrogen and oxygen atoms in total. The van der Waals surface area contributed by atoms with Gasteiger partial charge in [-0.15, -0.1) is 0 Å². The minimum absolute atomic E-state index is 0.0270. The van der Waals surface area contributed by atoms with Gasteiger partial charge < -0.3 is 10.2 Å². The van der Waals surface area contributed by atoms with Crippen molar-refractivity contribution < 1.29 is 14.5 Å². The van der Waals surface area contributed by atoms with Crippen LogP contribution in [-0.2, 0) is 4.79 Å². The Bertz CT molecular complexity index is 1190. The van der Waals surface area contributed by atoms with Crippen LogP contribution < -0.4 is 5.32 Å². The number of aryl methyl sites for hydroxylation is 1. The van der Waals surface area contributed by atoms with Crippen molar-refractivity contribution in [3.63, 3.8) is 0 Å². The van der Waals surface area contributed by atoms with Crippen LogP contribution in [0.2, 0.25) is 5.02 Å². The monoisotopic (exact) mass is 467 g/mol. The topological polar surface area (TPSA) is 110 Å². The number of hydrogen-bond donors (Lipinski definition) is 1. The third-order valence-electron chi connectivity index (χ3n) is 5.56. The molecule has 1 aliphatic heterocycles. The van der Waals surface area contributed by atoms with Crippen molar-refractivity contribution in [2.45, 2.75) is 19.8 Å². The number of nitro benzene ring substituents is 1. The van der Waals surface area contributed by atoms with Crippen LogP contribution in [0.3, 0.4) is 0 Å². The van der Waals surface area contributed by atoms with Gasteiger partial charge in [0.1, 0.15) is 5.82 Å². The molecule has 0 saturated carbocycles. The average molecular weight is 468 g/mol. The molecule has 1 atom stereocenters. The second-order valence-corrected chi connectivity index (χ2v) is 8.38. The minimum atomic E-state index is -0.471. The van der Waals surface area contributed by atoms with Crippen LogP contribution >= 0.6 is 11.6 Å². The second kappa shape index (κ2) is 9.41. The smallest absolute Gasteiger partial charge is 0.269 e. The number of carbonyl (C=O) groups is 2. The Balaban J connectivity index is 1.47. The van der Waals surface area contributed by atoms with Crippen LogP contribution in [0.4, 0.5) is 11.5 Å². The van der Waals surface area contributed by atoms with E-state index in [4.69, 9.17) is 11.6 Å². The first-order valence-corrected chi connectivity index (χ1v) is 10.9. The van der Waals surface area contributed by atoms with Crippen molar-refractivity contribution in [1.29, 1.82) is 0 Å². The van der Waals surface area contributed by atoms with Crippen molar-refractivity contribution in [2.24, 2.45) is 5.92 Å². The van der Waals surface area contributed by atoms with E-state index in [2.05, 4.69) is 10.4 Å². The predicted molar refractivity (Wildman–Crippen MR) is 124 cm³/mol. The van der Waals surface area contributed by atoms with E-state index in [9.17, 15) is 19.7 Å². The van der Waals surface area contributed by atoms with E-state index >= 15 is 0 Å². The molecule has 1 fully saturated rings. The summed E-state index contributed by atoms with van der Waals surface area (Å²) in [5.41, 5.74) is 1.78. The van der Waals surface area contributed by atoms with Gasteiger partial charge in [-0.2, -0.15) is 5.10 Å². The molecule has 2 heterocycles. The second-order valence-electron chi connectivity index (χ2n) is 7.94. The number of amides is 2. The molecule has 2 amide bonds. The molecule has 3 aromatic rings. The van der Waals surface area contributed by atoms with Crippen molar-refractivity contribution in [3.8, 4) is 5.69 Å². The lowest BCUT2D eigenvalue weighted by molar-refractivity contribution is -0.384. The number of halogens is 1. The highest BCUT2D eigenvalue weighted by Gasteiger charge is 2.29. The summed E-state index contributed by atoms with van der Waals surface area (Å²) in [6, 6.07) is 14.4. The first kappa shape index (κ1) is 22.5. The van der Waals surface area contributed by atoms with E-state index < -0.39 is 4.92 Å². The summed E-state index contributed by atoms with van der Waals surface area (Å²) >= 11 is 5.91. The van der Waals surface area contributed by atoms with Crippen LogP contribution in [0.5, 0.6) is 0 Å². The van der Waals surface area contributed by atoms with Gasteiger partial charge in [-0.05, 0) is 56.2 Å². The third kappa shape index (κ3) is 5.04. The number of anilines is 1.